The fourth-order valence-electron chi connectivity index (χ4n) is 3.34. The largest absolute Gasteiger partial charge is 0.448 e. The second-order valence-electron chi connectivity index (χ2n) is 8.92. The molecule has 0 aliphatic heterocycles. The summed E-state index contributed by atoms with van der Waals surface area (Å²) in [5.41, 5.74) is -0.545. The van der Waals surface area contributed by atoms with Gasteiger partial charge in [-0.2, -0.15) is 0 Å². The summed E-state index contributed by atoms with van der Waals surface area (Å²) in [5, 5.41) is 11.6. The normalized spacial score (nSPS) is 14.8. The van der Waals surface area contributed by atoms with Crippen LogP contribution in [0.25, 0.3) is 0 Å². The Morgan fingerprint density at radius 1 is 0.893 bits per heavy atom. The summed E-state index contributed by atoms with van der Waals surface area (Å²) >= 11 is 0. The maximum Gasteiger partial charge on any atom is 0.199 e. The predicted molar refractivity (Wildman–Crippen MR) is 105 cm³/mol. The van der Waals surface area contributed by atoms with E-state index in [2.05, 4.69) is 65.1 Å². The Kier molecular flexibility index (Phi) is 5.58. The van der Waals surface area contributed by atoms with E-state index in [4.69, 9.17) is 4.42 Å². The molecule has 0 radical (unpaired) electrons. The minimum Gasteiger partial charge on any atom is -0.448 e. The highest BCUT2D eigenvalue weighted by Gasteiger charge is 2.37. The molecule has 0 aliphatic rings. The number of nitrogens with zero attached hydrogens (tertiary/aromatic N) is 7. The summed E-state index contributed by atoms with van der Waals surface area (Å²) in [7, 11) is 0. The first-order valence-corrected chi connectivity index (χ1v) is 9.64. The molecule has 0 saturated carbocycles. The number of rotatable bonds is 9. The highest BCUT2D eigenvalue weighted by molar-refractivity contribution is 5.08. The lowest BCUT2D eigenvalue weighted by atomic mass is 9.73. The number of tetrazole rings is 1. The van der Waals surface area contributed by atoms with Gasteiger partial charge in [-0.15, -0.1) is 5.10 Å². The van der Waals surface area contributed by atoms with Crippen LogP contribution in [0.5, 0.6) is 0 Å². The number of oxazole rings is 1. The van der Waals surface area contributed by atoms with Crippen molar-refractivity contribution < 1.29 is 4.42 Å². The maximum atomic E-state index is 5.74. The first-order valence-electron chi connectivity index (χ1n) is 9.64. The van der Waals surface area contributed by atoms with Gasteiger partial charge in [-0.05, 0) is 56.0 Å². The third-order valence-corrected chi connectivity index (χ3v) is 5.68. The van der Waals surface area contributed by atoms with Gasteiger partial charge in [0.1, 0.15) is 18.4 Å². The first-order chi connectivity index (χ1) is 13.2. The lowest BCUT2D eigenvalue weighted by Gasteiger charge is -2.34. The molecule has 3 rings (SSSR count). The Bertz CT molecular complexity index is 844. The van der Waals surface area contributed by atoms with E-state index in [1.807, 2.05) is 10.7 Å². The van der Waals surface area contributed by atoms with Crippen molar-refractivity contribution in [2.75, 3.05) is 0 Å². The van der Waals surface area contributed by atoms with Gasteiger partial charge in [-0.1, -0.05) is 20.8 Å². The van der Waals surface area contributed by atoms with E-state index >= 15 is 0 Å². The van der Waals surface area contributed by atoms with E-state index in [1.54, 1.807) is 31.2 Å². The molecule has 1 unspecified atom stereocenters. The molecule has 0 spiro atoms. The molecule has 0 bridgehead atoms. The zero-order valence-corrected chi connectivity index (χ0v) is 17.3. The van der Waals surface area contributed by atoms with Crippen LogP contribution in [0.2, 0.25) is 0 Å². The monoisotopic (exact) mass is 383 g/mol. The fourth-order valence-corrected chi connectivity index (χ4v) is 3.34. The fraction of sp³-hybridized carbons (Fsp3) is 0.600. The van der Waals surface area contributed by atoms with Crippen LogP contribution < -0.4 is 0 Å². The van der Waals surface area contributed by atoms with Crippen LogP contribution in [0.3, 0.4) is 0 Å². The van der Waals surface area contributed by atoms with Crippen LogP contribution in [-0.4, -0.2) is 35.2 Å². The molecule has 0 amide bonds. The quantitative estimate of drug-likeness (QED) is 0.556. The molecule has 0 aromatic carbocycles. The number of aromatic nitrogens is 7. The summed E-state index contributed by atoms with van der Waals surface area (Å²) in [6, 6.07) is 1.84. The van der Waals surface area contributed by atoms with Crippen molar-refractivity contribution >= 4 is 0 Å². The van der Waals surface area contributed by atoms with Crippen molar-refractivity contribution in [2.45, 2.75) is 76.7 Å². The average molecular weight is 384 g/mol. The van der Waals surface area contributed by atoms with Gasteiger partial charge < -0.3 is 4.42 Å². The predicted octanol–water partition coefficient (Wildman–Crippen LogP) is 3.68. The minimum atomic E-state index is -0.208. The van der Waals surface area contributed by atoms with E-state index in [9.17, 15) is 0 Å². The standard InChI is InChI=1S/C20H29N7O/c1-18(2,16-21-11-6-12-22-16)7-9-20(5,17-23-13-14-28-17)10-8-19(3,4)27-15-24-25-26-27/h6,11-15H,7-10H2,1-5H3. The Hall–Kier alpha value is -2.64. The molecule has 3 aromatic rings. The van der Waals surface area contributed by atoms with Crippen LogP contribution in [0.4, 0.5) is 0 Å². The van der Waals surface area contributed by atoms with Crippen LogP contribution in [0, 0.1) is 0 Å². The molecule has 0 fully saturated rings. The van der Waals surface area contributed by atoms with Crippen molar-refractivity contribution in [2.24, 2.45) is 0 Å². The van der Waals surface area contributed by atoms with E-state index in [1.165, 1.54) is 0 Å². The molecule has 1 atom stereocenters. The van der Waals surface area contributed by atoms with Gasteiger partial charge in [-0.25, -0.2) is 19.6 Å². The van der Waals surface area contributed by atoms with E-state index < -0.39 is 0 Å². The highest BCUT2D eigenvalue weighted by atomic mass is 16.3. The second-order valence-corrected chi connectivity index (χ2v) is 8.92. The Labute approximate surface area is 165 Å². The van der Waals surface area contributed by atoms with Gasteiger partial charge in [-0.3, -0.25) is 0 Å². The number of hydrogen-bond acceptors (Lipinski definition) is 7. The van der Waals surface area contributed by atoms with Crippen molar-refractivity contribution in [1.29, 1.82) is 0 Å². The smallest absolute Gasteiger partial charge is 0.199 e. The lowest BCUT2D eigenvalue weighted by molar-refractivity contribution is 0.211. The maximum absolute atomic E-state index is 5.74. The highest BCUT2D eigenvalue weighted by Crippen LogP contribution is 2.39. The van der Waals surface area contributed by atoms with Crippen LogP contribution in [0.15, 0.2) is 41.7 Å². The Morgan fingerprint density at radius 3 is 2.21 bits per heavy atom. The summed E-state index contributed by atoms with van der Waals surface area (Å²) in [4.78, 5) is 13.4. The van der Waals surface area contributed by atoms with Gasteiger partial charge in [0.25, 0.3) is 0 Å². The topological polar surface area (TPSA) is 95.4 Å². The summed E-state index contributed by atoms with van der Waals surface area (Å²) in [5.74, 6) is 1.63. The Balaban J connectivity index is 1.75. The molecule has 3 aromatic heterocycles. The molecule has 3 heterocycles. The van der Waals surface area contributed by atoms with Crippen molar-refractivity contribution in [1.82, 2.24) is 35.2 Å². The third kappa shape index (κ3) is 4.43. The van der Waals surface area contributed by atoms with Crippen molar-refractivity contribution in [3.8, 4) is 0 Å². The van der Waals surface area contributed by atoms with E-state index in [-0.39, 0.29) is 16.4 Å². The van der Waals surface area contributed by atoms with Gasteiger partial charge in [0.05, 0.1) is 11.7 Å². The molecule has 0 N–H and O–H groups in total. The Morgan fingerprint density at radius 2 is 1.61 bits per heavy atom. The zero-order valence-electron chi connectivity index (χ0n) is 17.3. The molecule has 0 aliphatic carbocycles. The molecule has 8 heteroatoms. The molecular weight excluding hydrogens is 354 g/mol. The third-order valence-electron chi connectivity index (χ3n) is 5.68. The van der Waals surface area contributed by atoms with Crippen LogP contribution in [0.1, 0.15) is 72.0 Å². The molecule has 150 valence electrons. The van der Waals surface area contributed by atoms with Gasteiger partial charge in [0, 0.05) is 23.2 Å². The summed E-state index contributed by atoms with van der Waals surface area (Å²) in [6.07, 6.45) is 12.2. The van der Waals surface area contributed by atoms with Crippen molar-refractivity contribution in [3.05, 3.63) is 49.0 Å². The molecular formula is C20H29N7O. The summed E-state index contributed by atoms with van der Waals surface area (Å²) < 4.78 is 7.55. The van der Waals surface area contributed by atoms with E-state index in [0.717, 1.165) is 37.4 Å². The average Bonchev–Trinajstić information content (AvgIpc) is 3.40. The molecule has 0 saturated heterocycles. The van der Waals surface area contributed by atoms with Crippen molar-refractivity contribution in [3.63, 3.8) is 0 Å². The SMILES string of the molecule is CC(C)(CCC(C)(CCC(C)(C)n1cnnn1)c1ncco1)c1ncccn1. The van der Waals surface area contributed by atoms with Crippen LogP contribution >= 0.6 is 0 Å². The molecule has 8 nitrogen and oxygen atoms in total. The van der Waals surface area contributed by atoms with Crippen LogP contribution in [-0.2, 0) is 16.4 Å². The van der Waals surface area contributed by atoms with Gasteiger partial charge in [0.15, 0.2) is 5.89 Å². The minimum absolute atomic E-state index is 0.138. The zero-order chi connectivity index (χ0) is 20.3. The second kappa shape index (κ2) is 7.77. The first kappa shape index (κ1) is 20.1. The number of hydrogen-bond donors (Lipinski definition) is 0. The molecule has 28 heavy (non-hydrogen) atoms. The van der Waals surface area contributed by atoms with E-state index in [0.29, 0.717) is 0 Å². The lowest BCUT2D eigenvalue weighted by Crippen LogP contribution is -2.33. The van der Waals surface area contributed by atoms with Gasteiger partial charge in [0.2, 0.25) is 0 Å². The summed E-state index contributed by atoms with van der Waals surface area (Å²) in [6.45, 7) is 10.9. The van der Waals surface area contributed by atoms with Gasteiger partial charge >= 0.3 is 0 Å².